The van der Waals surface area contributed by atoms with Gasteiger partial charge >= 0.3 is 0 Å². The minimum absolute atomic E-state index is 0.0476. The maximum absolute atomic E-state index is 12.6. The summed E-state index contributed by atoms with van der Waals surface area (Å²) in [6.07, 6.45) is 3.87. The minimum Gasteiger partial charge on any atom is -0.872 e. The number of ketones is 1. The first-order valence-corrected chi connectivity index (χ1v) is 9.66. The lowest BCUT2D eigenvalue weighted by Gasteiger charge is -2.23. The van der Waals surface area contributed by atoms with Gasteiger partial charge in [0.2, 0.25) is 5.78 Å². The van der Waals surface area contributed by atoms with Crippen LogP contribution in [0.15, 0.2) is 35.4 Å². The first-order chi connectivity index (χ1) is 12.1. The van der Waals surface area contributed by atoms with Gasteiger partial charge in [0.05, 0.1) is 18.7 Å². The van der Waals surface area contributed by atoms with Gasteiger partial charge in [0.1, 0.15) is 12.3 Å². The lowest BCUT2D eigenvalue weighted by Crippen LogP contribution is -3.10. The lowest BCUT2D eigenvalue weighted by atomic mass is 10.0. The molecule has 1 aromatic heterocycles. The third kappa shape index (κ3) is 3.78. The molecule has 2 heterocycles. The van der Waals surface area contributed by atoms with E-state index in [-0.39, 0.29) is 11.5 Å². The highest BCUT2D eigenvalue weighted by Gasteiger charge is 2.31. The number of benzene rings is 1. The predicted molar refractivity (Wildman–Crippen MR) is 98.1 cm³/mol. The summed E-state index contributed by atoms with van der Waals surface area (Å²) < 4.78 is 5.87. The number of carbonyl (C=O) groups is 1. The number of hydrogen-bond donors (Lipinski definition) is 1. The smallest absolute Gasteiger partial charge is 0.232 e. The molecule has 0 bridgehead atoms. The van der Waals surface area contributed by atoms with Crippen LogP contribution in [-0.2, 0) is 6.54 Å². The van der Waals surface area contributed by atoms with Crippen LogP contribution in [0, 0.1) is 0 Å². The Kier molecular flexibility index (Phi) is 5.56. The second-order valence-corrected chi connectivity index (χ2v) is 7.28. The Morgan fingerprint density at radius 1 is 1.20 bits per heavy atom. The van der Waals surface area contributed by atoms with Crippen molar-refractivity contribution in [1.29, 1.82) is 0 Å². The number of ether oxygens (including phenoxy) is 1. The summed E-state index contributed by atoms with van der Waals surface area (Å²) in [5.41, 5.74) is 1.13. The van der Waals surface area contributed by atoms with E-state index in [1.54, 1.807) is 23.5 Å². The summed E-state index contributed by atoms with van der Waals surface area (Å²) in [6, 6.07) is 6.96. The molecular weight excluding hydrogens is 334 g/mol. The van der Waals surface area contributed by atoms with E-state index in [0.717, 1.165) is 30.8 Å². The number of carbonyl (C=O) groups excluding carboxylic acids is 1. The fourth-order valence-corrected chi connectivity index (χ4v) is 3.86. The number of fused-ring (bicyclic) bond motifs is 1. The summed E-state index contributed by atoms with van der Waals surface area (Å²) in [5, 5.41) is 14.4. The molecule has 1 aromatic carbocycles. The number of nitrogens with one attached hydrogen (secondary N) is 1. The normalized spacial score (nSPS) is 15.0. The molecule has 5 heteroatoms. The molecule has 0 spiro atoms. The Bertz CT molecular complexity index is 774. The fourth-order valence-electron chi connectivity index (χ4n) is 3.22. The number of thiophene rings is 1. The molecule has 0 saturated carbocycles. The van der Waals surface area contributed by atoms with Gasteiger partial charge in [-0.1, -0.05) is 31.7 Å². The van der Waals surface area contributed by atoms with Crippen LogP contribution in [0.5, 0.6) is 11.5 Å². The van der Waals surface area contributed by atoms with Crippen molar-refractivity contribution in [3.63, 3.8) is 0 Å². The highest BCUT2D eigenvalue weighted by Crippen LogP contribution is 2.38. The van der Waals surface area contributed by atoms with E-state index < -0.39 is 0 Å². The van der Waals surface area contributed by atoms with Gasteiger partial charge in [-0.2, -0.15) is 0 Å². The molecule has 1 N–H and O–H groups in total. The number of hydrogen-bond acceptors (Lipinski definition) is 4. The first kappa shape index (κ1) is 17.7. The van der Waals surface area contributed by atoms with Gasteiger partial charge in [-0.25, -0.2) is 0 Å². The second kappa shape index (κ2) is 7.85. The van der Waals surface area contributed by atoms with Gasteiger partial charge in [0.25, 0.3) is 0 Å². The van der Waals surface area contributed by atoms with Crippen molar-refractivity contribution >= 4 is 23.2 Å². The molecule has 1 aliphatic rings. The quantitative estimate of drug-likeness (QED) is 0.775. The van der Waals surface area contributed by atoms with E-state index in [4.69, 9.17) is 4.74 Å². The summed E-state index contributed by atoms with van der Waals surface area (Å²) in [6.45, 7) is 6.89. The molecule has 0 saturated heterocycles. The predicted octanol–water partition coefficient (Wildman–Crippen LogP) is 2.64. The average Bonchev–Trinajstić information content (AvgIpc) is 3.20. The molecule has 0 radical (unpaired) electrons. The van der Waals surface area contributed by atoms with E-state index in [1.807, 2.05) is 17.5 Å². The highest BCUT2D eigenvalue weighted by molar-refractivity contribution is 7.10. The second-order valence-electron chi connectivity index (χ2n) is 6.30. The molecule has 0 amide bonds. The van der Waals surface area contributed by atoms with Crippen molar-refractivity contribution in [2.45, 2.75) is 33.2 Å². The van der Waals surface area contributed by atoms with Crippen molar-refractivity contribution in [1.82, 2.24) is 0 Å². The third-order valence-electron chi connectivity index (χ3n) is 4.35. The Morgan fingerprint density at radius 2 is 1.96 bits per heavy atom. The van der Waals surface area contributed by atoms with Gasteiger partial charge in [0, 0.05) is 16.5 Å². The summed E-state index contributed by atoms with van der Waals surface area (Å²) in [4.78, 5) is 14.9. The van der Waals surface area contributed by atoms with Crippen molar-refractivity contribution in [2.24, 2.45) is 0 Å². The fraction of sp³-hybridized carbons (Fsp3) is 0.350. The topological polar surface area (TPSA) is 53.8 Å². The van der Waals surface area contributed by atoms with Crippen molar-refractivity contribution in [3.05, 3.63) is 51.4 Å². The van der Waals surface area contributed by atoms with Gasteiger partial charge in [0.15, 0.2) is 5.76 Å². The Morgan fingerprint density at radius 3 is 2.60 bits per heavy atom. The summed E-state index contributed by atoms with van der Waals surface area (Å²) >= 11 is 1.55. The van der Waals surface area contributed by atoms with Crippen molar-refractivity contribution < 1.29 is 19.5 Å². The van der Waals surface area contributed by atoms with E-state index >= 15 is 0 Å². The molecule has 2 aromatic rings. The molecule has 0 unspecified atom stereocenters. The molecule has 132 valence electrons. The lowest BCUT2D eigenvalue weighted by molar-refractivity contribution is -0.914. The van der Waals surface area contributed by atoms with E-state index in [1.165, 1.54) is 11.0 Å². The molecule has 25 heavy (non-hydrogen) atoms. The van der Waals surface area contributed by atoms with Crippen LogP contribution in [0.1, 0.15) is 47.5 Å². The van der Waals surface area contributed by atoms with E-state index in [2.05, 4.69) is 13.8 Å². The van der Waals surface area contributed by atoms with Crippen molar-refractivity contribution in [2.75, 3.05) is 13.1 Å². The Balaban J connectivity index is 1.92. The Labute approximate surface area is 152 Å². The average molecular weight is 357 g/mol. The molecule has 4 nitrogen and oxygen atoms in total. The van der Waals surface area contributed by atoms with Crippen LogP contribution in [0.2, 0.25) is 0 Å². The molecule has 0 fully saturated rings. The standard InChI is InChI=1S/C20H23NO3S/c1-3-9-21(10-4-2)13-16-17(22)8-7-15-19(23)18(24-20(15)16)12-14-6-5-11-25-14/h5-8,11-12,22H,3-4,9-10,13H2,1-2H3. The molecular formula is C20H23NO3S. The van der Waals surface area contributed by atoms with Crippen LogP contribution < -0.4 is 14.7 Å². The van der Waals surface area contributed by atoms with Gasteiger partial charge in [-0.3, -0.25) is 4.79 Å². The summed E-state index contributed by atoms with van der Waals surface area (Å²) in [5.74, 6) is 0.577. The maximum Gasteiger partial charge on any atom is 0.232 e. The summed E-state index contributed by atoms with van der Waals surface area (Å²) in [7, 11) is 0. The van der Waals surface area contributed by atoms with Crippen LogP contribution in [0.3, 0.4) is 0 Å². The monoisotopic (exact) mass is 357 g/mol. The number of allylic oxidation sites excluding steroid dienone is 1. The SMILES string of the molecule is CCC[NH+](CCC)Cc1c([O-])ccc2c1OC(=Cc1cccs1)C2=O. The molecule has 1 aliphatic heterocycles. The first-order valence-electron chi connectivity index (χ1n) is 8.78. The van der Waals surface area contributed by atoms with Crippen LogP contribution >= 0.6 is 11.3 Å². The largest absolute Gasteiger partial charge is 0.872 e. The molecule has 0 aliphatic carbocycles. The third-order valence-corrected chi connectivity index (χ3v) is 5.17. The minimum atomic E-state index is -0.141. The number of rotatable bonds is 7. The van der Waals surface area contributed by atoms with E-state index in [0.29, 0.717) is 29.2 Å². The van der Waals surface area contributed by atoms with Crippen LogP contribution in [0.4, 0.5) is 0 Å². The molecule has 3 rings (SSSR count). The Hall–Kier alpha value is -2.11. The number of Topliss-reactive ketones (excluding diaryl/α,β-unsaturated/α-hetero) is 1. The van der Waals surface area contributed by atoms with Crippen LogP contribution in [-0.4, -0.2) is 18.9 Å². The van der Waals surface area contributed by atoms with E-state index in [9.17, 15) is 9.90 Å². The van der Waals surface area contributed by atoms with Gasteiger partial charge < -0.3 is 14.7 Å². The van der Waals surface area contributed by atoms with Crippen molar-refractivity contribution in [3.8, 4) is 11.5 Å². The number of quaternary nitrogens is 1. The van der Waals surface area contributed by atoms with Crippen LogP contribution in [0.25, 0.3) is 6.08 Å². The zero-order valence-corrected chi connectivity index (χ0v) is 15.4. The highest BCUT2D eigenvalue weighted by atomic mass is 32.1. The zero-order valence-electron chi connectivity index (χ0n) is 14.6. The molecule has 0 atom stereocenters. The van der Waals surface area contributed by atoms with Gasteiger partial charge in [-0.15, -0.1) is 11.3 Å². The maximum atomic E-state index is 12.6. The van der Waals surface area contributed by atoms with Gasteiger partial charge in [-0.05, 0) is 30.4 Å². The zero-order chi connectivity index (χ0) is 17.8.